The van der Waals surface area contributed by atoms with E-state index in [1.807, 2.05) is 19.9 Å². The molecule has 1 saturated carbocycles. The van der Waals surface area contributed by atoms with Crippen LogP contribution in [-0.4, -0.2) is 29.9 Å². The number of aryl methyl sites for hydroxylation is 2. The fraction of sp³-hybridized carbons (Fsp3) is 0.462. The molecule has 4 nitrogen and oxygen atoms in total. The number of hydrogen-bond acceptors (Lipinski definition) is 3. The number of methoxy groups -OCH3 is 1. The van der Waals surface area contributed by atoms with Crippen LogP contribution in [0.25, 0.3) is 11.1 Å². The molecule has 0 aromatic heterocycles. The lowest BCUT2D eigenvalue weighted by Crippen LogP contribution is -2.52. The Morgan fingerprint density at radius 2 is 1.57 bits per heavy atom. The van der Waals surface area contributed by atoms with Gasteiger partial charge >= 0.3 is 0 Å². The minimum absolute atomic E-state index is 0.0258. The maximum absolute atomic E-state index is 13.7. The predicted octanol–water partition coefficient (Wildman–Crippen LogP) is 4.78. The largest absolute Gasteiger partial charge is 0.379 e. The molecule has 2 aliphatic rings. The molecule has 1 saturated heterocycles. The summed E-state index contributed by atoms with van der Waals surface area (Å²) in [5, 5.41) is 3.11. The minimum atomic E-state index is -0.751. The van der Waals surface area contributed by atoms with E-state index in [1.54, 1.807) is 7.11 Å². The first kappa shape index (κ1) is 20.8. The van der Waals surface area contributed by atoms with Crippen LogP contribution in [0.2, 0.25) is 0 Å². The number of ketones is 1. The van der Waals surface area contributed by atoms with Crippen LogP contribution in [0.4, 0.5) is 0 Å². The summed E-state index contributed by atoms with van der Waals surface area (Å²) >= 11 is 0. The molecule has 0 bridgehead atoms. The second kappa shape index (κ2) is 7.35. The Labute approximate surface area is 179 Å². The first-order valence-corrected chi connectivity index (χ1v) is 10.8. The van der Waals surface area contributed by atoms with Crippen molar-refractivity contribution in [2.75, 3.05) is 7.11 Å². The van der Waals surface area contributed by atoms with Crippen molar-refractivity contribution in [1.82, 2.24) is 5.32 Å². The lowest BCUT2D eigenvalue weighted by molar-refractivity contribution is -0.127. The van der Waals surface area contributed by atoms with Gasteiger partial charge in [0.25, 0.3) is 0 Å². The number of rotatable bonds is 3. The number of amides is 1. The van der Waals surface area contributed by atoms with E-state index in [-0.39, 0.29) is 17.3 Å². The second-order valence-corrected chi connectivity index (χ2v) is 9.36. The summed E-state index contributed by atoms with van der Waals surface area (Å²) in [7, 11) is 1.72. The van der Waals surface area contributed by atoms with Gasteiger partial charge in [-0.1, -0.05) is 42.0 Å². The number of ether oxygens (including phenoxy) is 1. The van der Waals surface area contributed by atoms with E-state index in [4.69, 9.17) is 4.74 Å². The van der Waals surface area contributed by atoms with Crippen LogP contribution >= 0.6 is 0 Å². The Balaban J connectivity index is 1.72. The van der Waals surface area contributed by atoms with Crippen LogP contribution in [0.15, 0.2) is 36.4 Å². The molecular formula is C26H31NO3. The van der Waals surface area contributed by atoms with E-state index in [9.17, 15) is 9.59 Å². The zero-order valence-corrected chi connectivity index (χ0v) is 18.6. The van der Waals surface area contributed by atoms with Gasteiger partial charge < -0.3 is 10.1 Å². The first-order valence-electron chi connectivity index (χ1n) is 10.8. The predicted molar refractivity (Wildman–Crippen MR) is 119 cm³/mol. The number of nitrogens with one attached hydrogen (secondary N) is 1. The fourth-order valence-electron chi connectivity index (χ4n) is 5.16. The van der Waals surface area contributed by atoms with Crippen LogP contribution in [0.5, 0.6) is 0 Å². The summed E-state index contributed by atoms with van der Waals surface area (Å²) in [5.41, 5.74) is 5.29. The van der Waals surface area contributed by atoms with Crippen molar-refractivity contribution in [2.24, 2.45) is 0 Å². The van der Waals surface area contributed by atoms with Gasteiger partial charge in [0.15, 0.2) is 5.78 Å². The molecule has 1 heterocycles. The molecule has 158 valence electrons. The minimum Gasteiger partial charge on any atom is -0.379 e. The Morgan fingerprint density at radius 3 is 2.17 bits per heavy atom. The molecule has 2 fully saturated rings. The first-order chi connectivity index (χ1) is 14.2. The van der Waals surface area contributed by atoms with Crippen molar-refractivity contribution in [3.8, 4) is 11.1 Å². The van der Waals surface area contributed by atoms with Crippen molar-refractivity contribution in [3.63, 3.8) is 0 Å². The zero-order chi connectivity index (χ0) is 21.7. The summed E-state index contributed by atoms with van der Waals surface area (Å²) in [5.74, 6) is -0.867. The van der Waals surface area contributed by atoms with E-state index >= 15 is 0 Å². The van der Waals surface area contributed by atoms with E-state index < -0.39 is 11.5 Å². The van der Waals surface area contributed by atoms with Gasteiger partial charge in [0, 0.05) is 7.11 Å². The van der Waals surface area contributed by atoms with E-state index in [1.165, 1.54) is 5.56 Å². The molecule has 2 aromatic carbocycles. The van der Waals surface area contributed by atoms with Crippen molar-refractivity contribution < 1.29 is 14.3 Å². The molecule has 30 heavy (non-hydrogen) atoms. The normalized spacial score (nSPS) is 28.8. The highest BCUT2D eigenvalue weighted by Gasteiger charge is 2.56. The van der Waals surface area contributed by atoms with Crippen LogP contribution in [-0.2, 0) is 14.3 Å². The lowest BCUT2D eigenvalue weighted by Gasteiger charge is -2.41. The van der Waals surface area contributed by atoms with Crippen molar-refractivity contribution in [2.45, 2.75) is 70.4 Å². The molecule has 1 N–H and O–H groups in total. The van der Waals surface area contributed by atoms with Gasteiger partial charge in [-0.25, -0.2) is 0 Å². The summed E-state index contributed by atoms with van der Waals surface area (Å²) in [6.07, 6.45) is 2.80. The summed E-state index contributed by atoms with van der Waals surface area (Å²) in [4.78, 5) is 26.8. The highest BCUT2D eigenvalue weighted by atomic mass is 16.5. The van der Waals surface area contributed by atoms with Gasteiger partial charge in [-0.15, -0.1) is 0 Å². The number of hydrogen-bond donors (Lipinski definition) is 1. The van der Waals surface area contributed by atoms with Gasteiger partial charge in [0.2, 0.25) is 5.91 Å². The van der Waals surface area contributed by atoms with Gasteiger partial charge in [0.1, 0.15) is 5.92 Å². The van der Waals surface area contributed by atoms with Gasteiger partial charge in [-0.2, -0.15) is 0 Å². The third-order valence-electron chi connectivity index (χ3n) is 7.40. The standard InChI is InChI=1S/C26H31NO3/c1-16-6-9-19(10-7-16)20-11-8-17(2)21(18(20)3)22-23(28)26(27-24(22)29)14-12-25(4,30-5)13-15-26/h6-11,22H,12-15H2,1-5H3,(H,27,29). The van der Waals surface area contributed by atoms with E-state index in [0.717, 1.165) is 40.7 Å². The van der Waals surface area contributed by atoms with Crippen LogP contribution in [0.1, 0.15) is 60.8 Å². The number of benzene rings is 2. The Kier molecular flexibility index (Phi) is 5.09. The highest BCUT2D eigenvalue weighted by Crippen LogP contribution is 2.45. The third kappa shape index (κ3) is 3.27. The lowest BCUT2D eigenvalue weighted by atomic mass is 9.71. The average Bonchev–Trinajstić information content (AvgIpc) is 2.96. The molecule has 0 radical (unpaired) electrons. The van der Waals surface area contributed by atoms with E-state index in [0.29, 0.717) is 12.8 Å². The second-order valence-electron chi connectivity index (χ2n) is 9.36. The Bertz CT molecular complexity index is 998. The maximum Gasteiger partial charge on any atom is 0.235 e. The topological polar surface area (TPSA) is 55.4 Å². The van der Waals surface area contributed by atoms with Gasteiger partial charge in [0.05, 0.1) is 11.1 Å². The average molecular weight is 406 g/mol. The molecule has 2 aromatic rings. The summed E-state index contributed by atoms with van der Waals surface area (Å²) in [6.45, 7) is 8.18. The molecule has 4 rings (SSSR count). The van der Waals surface area contributed by atoms with E-state index in [2.05, 4.69) is 49.5 Å². The van der Waals surface area contributed by atoms with Crippen LogP contribution < -0.4 is 5.32 Å². The molecule has 1 amide bonds. The molecule has 1 spiro atoms. The SMILES string of the molecule is COC1(C)CCC2(CC1)NC(=O)C(c1c(C)ccc(-c3ccc(C)cc3)c1C)C2=O. The number of carbonyl (C=O) groups is 2. The quantitative estimate of drug-likeness (QED) is 0.748. The van der Waals surface area contributed by atoms with Crippen molar-refractivity contribution in [3.05, 3.63) is 58.7 Å². The van der Waals surface area contributed by atoms with Gasteiger partial charge in [-0.3, -0.25) is 9.59 Å². The van der Waals surface area contributed by atoms with Crippen molar-refractivity contribution >= 4 is 11.7 Å². The molecule has 1 unspecified atom stereocenters. The zero-order valence-electron chi connectivity index (χ0n) is 18.6. The maximum atomic E-state index is 13.7. The van der Waals surface area contributed by atoms with Crippen LogP contribution in [0, 0.1) is 20.8 Å². The molecule has 1 aliphatic heterocycles. The molecule has 1 aliphatic carbocycles. The number of Topliss-reactive ketones (excluding diaryl/α,β-unsaturated/α-hetero) is 1. The summed E-state index contributed by atoms with van der Waals surface area (Å²) < 4.78 is 5.64. The molecular weight excluding hydrogens is 374 g/mol. The third-order valence-corrected chi connectivity index (χ3v) is 7.40. The van der Waals surface area contributed by atoms with Gasteiger partial charge in [-0.05, 0) is 81.2 Å². The summed E-state index contributed by atoms with van der Waals surface area (Å²) in [6, 6.07) is 12.5. The monoisotopic (exact) mass is 405 g/mol. The Hall–Kier alpha value is -2.46. The molecule has 4 heteroatoms. The van der Waals surface area contributed by atoms with Crippen LogP contribution in [0.3, 0.4) is 0 Å². The number of carbonyl (C=O) groups excluding carboxylic acids is 2. The smallest absolute Gasteiger partial charge is 0.235 e. The van der Waals surface area contributed by atoms with Crippen molar-refractivity contribution in [1.29, 1.82) is 0 Å². The highest BCUT2D eigenvalue weighted by molar-refractivity contribution is 6.17. The fourth-order valence-corrected chi connectivity index (χ4v) is 5.16. The Morgan fingerprint density at radius 1 is 0.933 bits per heavy atom. The molecule has 1 atom stereocenters.